The van der Waals surface area contributed by atoms with Crippen LogP contribution in [0.2, 0.25) is 0 Å². The van der Waals surface area contributed by atoms with E-state index in [-0.39, 0.29) is 28.3 Å². The summed E-state index contributed by atoms with van der Waals surface area (Å²) in [7, 11) is 0. The van der Waals surface area contributed by atoms with Gasteiger partial charge in [0.1, 0.15) is 18.6 Å². The summed E-state index contributed by atoms with van der Waals surface area (Å²) in [6, 6.07) is 0.373. The van der Waals surface area contributed by atoms with Crippen molar-refractivity contribution in [1.82, 2.24) is 0 Å². The lowest BCUT2D eigenvalue weighted by Gasteiger charge is -2.35. The minimum atomic E-state index is -0.345. The molecule has 4 nitrogen and oxygen atoms in total. The average Bonchev–Trinajstić information content (AvgIpc) is 3.14. The minimum absolute atomic E-state index is 0.0927. The van der Waals surface area contributed by atoms with Gasteiger partial charge in [0.15, 0.2) is 11.8 Å². The molecule has 27 heavy (non-hydrogen) atoms. The zero-order valence-electron chi connectivity index (χ0n) is 19.3. The average molecular weight is 379 g/mol. The predicted molar refractivity (Wildman–Crippen MR) is 115 cm³/mol. The zero-order chi connectivity index (χ0) is 20.6. The Labute approximate surface area is 167 Å². The van der Waals surface area contributed by atoms with Crippen LogP contribution in [0.4, 0.5) is 0 Å². The summed E-state index contributed by atoms with van der Waals surface area (Å²) in [5.41, 5.74) is -0.160. The Kier molecular flexibility index (Phi) is 6.38. The third kappa shape index (κ3) is 5.06. The molecule has 0 unspecified atom stereocenters. The van der Waals surface area contributed by atoms with E-state index in [1.54, 1.807) is 0 Å². The molecule has 2 rings (SSSR count). The molecular formula is C23H42N2O2. The van der Waals surface area contributed by atoms with Crippen molar-refractivity contribution in [1.29, 1.82) is 0 Å². The molecule has 0 aliphatic carbocycles. The van der Waals surface area contributed by atoms with E-state index in [2.05, 4.69) is 69.2 Å². The first kappa shape index (κ1) is 22.2. The van der Waals surface area contributed by atoms with Crippen LogP contribution in [0.5, 0.6) is 0 Å². The Morgan fingerprint density at radius 3 is 1.30 bits per heavy atom. The molecule has 2 aliphatic rings. The van der Waals surface area contributed by atoms with Gasteiger partial charge in [0.2, 0.25) is 0 Å². The van der Waals surface area contributed by atoms with E-state index in [0.717, 1.165) is 24.6 Å². The van der Waals surface area contributed by atoms with Gasteiger partial charge in [-0.05, 0) is 35.5 Å². The van der Waals surface area contributed by atoms with Crippen LogP contribution >= 0.6 is 0 Å². The second kappa shape index (κ2) is 7.75. The number of ether oxygens (including phenoxy) is 2. The quantitative estimate of drug-likeness (QED) is 0.590. The molecule has 0 spiro atoms. The standard InChI is InChI=1S/C23H42N2O2/c1-15(2)11-23(12-16(3)4,19-24-17(13-26-19)21(5,6)7)20-25-18(14-27-20)22(8,9)10/h15-18H,11-14H2,1-10H3/t17-,18-/m1/s1. The van der Waals surface area contributed by atoms with Crippen LogP contribution in [-0.2, 0) is 9.47 Å². The van der Waals surface area contributed by atoms with Crippen LogP contribution in [-0.4, -0.2) is 37.1 Å². The fourth-order valence-electron chi connectivity index (χ4n) is 4.08. The lowest BCUT2D eigenvalue weighted by molar-refractivity contribution is 0.190. The molecule has 2 atom stereocenters. The molecule has 2 aliphatic heterocycles. The van der Waals surface area contributed by atoms with E-state index < -0.39 is 0 Å². The summed E-state index contributed by atoms with van der Waals surface area (Å²) in [6.07, 6.45) is 1.91. The van der Waals surface area contributed by atoms with Gasteiger partial charge in [-0.3, -0.25) is 0 Å². The summed E-state index contributed by atoms with van der Waals surface area (Å²) < 4.78 is 12.6. The second-order valence-corrected chi connectivity index (χ2v) is 11.5. The molecule has 4 heteroatoms. The maximum absolute atomic E-state index is 6.28. The Bertz CT molecular complexity index is 524. The van der Waals surface area contributed by atoms with E-state index in [9.17, 15) is 0 Å². The maximum atomic E-state index is 6.28. The van der Waals surface area contributed by atoms with Gasteiger partial charge in [0.25, 0.3) is 0 Å². The summed E-state index contributed by atoms with van der Waals surface area (Å²) in [6.45, 7) is 23.8. The Balaban J connectivity index is 2.52. The van der Waals surface area contributed by atoms with Gasteiger partial charge in [-0.15, -0.1) is 0 Å². The van der Waals surface area contributed by atoms with Gasteiger partial charge in [0.05, 0.1) is 12.1 Å². The Hall–Kier alpha value is -1.06. The first-order chi connectivity index (χ1) is 12.3. The van der Waals surface area contributed by atoms with Crippen molar-refractivity contribution in [2.24, 2.45) is 38.1 Å². The van der Waals surface area contributed by atoms with Gasteiger partial charge in [0, 0.05) is 0 Å². The second-order valence-electron chi connectivity index (χ2n) is 11.5. The highest BCUT2D eigenvalue weighted by molar-refractivity contribution is 6.06. The molecule has 0 amide bonds. The topological polar surface area (TPSA) is 43.2 Å². The zero-order valence-corrected chi connectivity index (χ0v) is 19.3. The summed E-state index contributed by atoms with van der Waals surface area (Å²) in [4.78, 5) is 10.2. The summed E-state index contributed by atoms with van der Waals surface area (Å²) in [5.74, 6) is 2.73. The van der Waals surface area contributed by atoms with Crippen LogP contribution in [0.15, 0.2) is 9.98 Å². The molecule has 0 N–H and O–H groups in total. The smallest absolute Gasteiger partial charge is 0.199 e. The Morgan fingerprint density at radius 2 is 1.07 bits per heavy atom. The Morgan fingerprint density at radius 1 is 0.741 bits per heavy atom. The van der Waals surface area contributed by atoms with Crippen molar-refractivity contribution in [2.75, 3.05) is 13.2 Å². The molecular weight excluding hydrogens is 336 g/mol. The first-order valence-corrected chi connectivity index (χ1v) is 10.7. The fourth-order valence-corrected chi connectivity index (χ4v) is 4.08. The van der Waals surface area contributed by atoms with Crippen molar-refractivity contribution in [3.63, 3.8) is 0 Å². The first-order valence-electron chi connectivity index (χ1n) is 10.7. The van der Waals surface area contributed by atoms with Gasteiger partial charge in [-0.25, -0.2) is 9.98 Å². The largest absolute Gasteiger partial charge is 0.478 e. The number of hydrogen-bond donors (Lipinski definition) is 0. The highest BCUT2D eigenvalue weighted by Gasteiger charge is 2.51. The van der Waals surface area contributed by atoms with Crippen molar-refractivity contribution >= 4 is 11.8 Å². The van der Waals surface area contributed by atoms with Gasteiger partial charge < -0.3 is 9.47 Å². The predicted octanol–water partition coefficient (Wildman–Crippen LogP) is 5.75. The highest BCUT2D eigenvalue weighted by Crippen LogP contribution is 2.43. The summed E-state index contributed by atoms with van der Waals surface area (Å²) in [5, 5.41) is 0. The monoisotopic (exact) mass is 378 g/mol. The van der Waals surface area contributed by atoms with Gasteiger partial charge in [-0.2, -0.15) is 0 Å². The van der Waals surface area contributed by atoms with Gasteiger partial charge >= 0.3 is 0 Å². The SMILES string of the molecule is CC(C)CC(CC(C)C)(C1=N[C@@H](C(C)(C)C)CO1)C1=N[C@@H](C(C)(C)C)CO1. The van der Waals surface area contributed by atoms with E-state index in [1.165, 1.54) is 0 Å². The normalized spacial score (nSPS) is 24.1. The van der Waals surface area contributed by atoms with E-state index in [4.69, 9.17) is 19.5 Å². The molecule has 0 fully saturated rings. The summed E-state index contributed by atoms with van der Waals surface area (Å²) >= 11 is 0. The lowest BCUT2D eigenvalue weighted by atomic mass is 9.73. The van der Waals surface area contributed by atoms with Crippen LogP contribution in [0.3, 0.4) is 0 Å². The van der Waals surface area contributed by atoms with Crippen molar-refractivity contribution in [3.05, 3.63) is 0 Å². The lowest BCUT2D eigenvalue weighted by Crippen LogP contribution is -2.42. The molecule has 2 heterocycles. The third-order valence-corrected chi connectivity index (χ3v) is 5.63. The van der Waals surface area contributed by atoms with Crippen LogP contribution < -0.4 is 0 Å². The number of nitrogens with zero attached hydrogens (tertiary/aromatic N) is 2. The van der Waals surface area contributed by atoms with E-state index >= 15 is 0 Å². The van der Waals surface area contributed by atoms with Crippen molar-refractivity contribution in [3.8, 4) is 0 Å². The number of rotatable bonds is 6. The van der Waals surface area contributed by atoms with E-state index in [1.807, 2.05) is 0 Å². The molecule has 0 aromatic rings. The molecule has 0 saturated carbocycles. The fraction of sp³-hybridized carbons (Fsp3) is 0.913. The highest BCUT2D eigenvalue weighted by atomic mass is 16.5. The van der Waals surface area contributed by atoms with Crippen LogP contribution in [0.1, 0.15) is 82.1 Å². The molecule has 0 aromatic carbocycles. The number of hydrogen-bond acceptors (Lipinski definition) is 4. The molecule has 0 saturated heterocycles. The van der Waals surface area contributed by atoms with E-state index in [0.29, 0.717) is 25.0 Å². The molecule has 156 valence electrons. The number of aliphatic imine (C=N–C) groups is 2. The van der Waals surface area contributed by atoms with Crippen LogP contribution in [0.25, 0.3) is 0 Å². The van der Waals surface area contributed by atoms with Crippen LogP contribution in [0, 0.1) is 28.1 Å². The third-order valence-electron chi connectivity index (χ3n) is 5.63. The molecule has 0 radical (unpaired) electrons. The minimum Gasteiger partial charge on any atom is -0.478 e. The van der Waals surface area contributed by atoms with Gasteiger partial charge in [-0.1, -0.05) is 69.2 Å². The van der Waals surface area contributed by atoms with Crippen molar-refractivity contribution in [2.45, 2.75) is 94.2 Å². The maximum Gasteiger partial charge on any atom is 0.199 e. The molecule has 0 bridgehead atoms. The van der Waals surface area contributed by atoms with Crippen molar-refractivity contribution < 1.29 is 9.47 Å². The molecule has 0 aromatic heterocycles.